The van der Waals surface area contributed by atoms with Gasteiger partial charge in [0.25, 0.3) is 0 Å². The molecule has 0 aromatic heterocycles. The van der Waals surface area contributed by atoms with Gasteiger partial charge in [-0.3, -0.25) is 5.26 Å². The van der Waals surface area contributed by atoms with Gasteiger partial charge in [-0.25, -0.2) is 0 Å². The first-order valence-corrected chi connectivity index (χ1v) is 6.67. The molecule has 0 spiro atoms. The molecule has 0 saturated carbocycles. The van der Waals surface area contributed by atoms with Crippen LogP contribution in [0, 0.1) is 23.5 Å². The van der Waals surface area contributed by atoms with E-state index in [0.717, 1.165) is 4.47 Å². The van der Waals surface area contributed by atoms with Gasteiger partial charge in [0.1, 0.15) is 0 Å². The quantitative estimate of drug-likeness (QED) is 0.164. The summed E-state index contributed by atoms with van der Waals surface area (Å²) in [5.74, 6) is -2.52. The van der Waals surface area contributed by atoms with Crippen LogP contribution in [0.1, 0.15) is 26.3 Å². The number of halogens is 1. The minimum Gasteiger partial charge on any atom is -0.482 e. The smallest absolute Gasteiger partial charge is 0.229 e. The van der Waals surface area contributed by atoms with Gasteiger partial charge in [0.2, 0.25) is 17.7 Å². The number of nitrogens with zero attached hydrogens (tertiary/aromatic N) is 1. The standard InChI is InChI=1S/C8H9O4.C7H3BrN.Au/c1-4-5-6(9)11-8(2,3)12-7(5)10;8-7-3-1-2-6(4-7)5-9;/h1-3H3;1,3-4H;/q2*-1;. The first-order valence-electron chi connectivity index (χ1n) is 5.88. The fraction of sp³-hybridized carbons (Fsp3) is 0.267. The van der Waals surface area contributed by atoms with Crippen molar-refractivity contribution in [3.05, 3.63) is 46.0 Å². The maximum Gasteiger partial charge on any atom is 0.229 e. The van der Waals surface area contributed by atoms with Crippen LogP contribution in [0.2, 0.25) is 0 Å². The summed E-state index contributed by atoms with van der Waals surface area (Å²) in [7, 11) is 0. The van der Waals surface area contributed by atoms with E-state index in [0.29, 0.717) is 5.56 Å². The molecule has 0 N–H and O–H groups in total. The number of hydrogen-bond acceptors (Lipinski definition) is 5. The number of esters is 2. The zero-order chi connectivity index (χ0) is 16.0. The maximum absolute atomic E-state index is 11.0. The number of hydrogen-bond donors (Lipinski definition) is 0. The van der Waals surface area contributed by atoms with E-state index >= 15 is 0 Å². The third-order valence-electron chi connectivity index (χ3n) is 2.22. The topological polar surface area (TPSA) is 76.4 Å². The number of allylic oxidation sites excluding steroid dienone is 1. The van der Waals surface area contributed by atoms with E-state index in [1.54, 1.807) is 12.1 Å². The molecule has 121 valence electrons. The second-order valence-electron chi connectivity index (χ2n) is 4.34. The second kappa shape index (κ2) is 8.91. The summed E-state index contributed by atoms with van der Waals surface area (Å²) in [5.41, 5.74) is 0.388. The molecule has 1 saturated heterocycles. The molecule has 0 amide bonds. The fourth-order valence-corrected chi connectivity index (χ4v) is 1.72. The molecule has 1 heterocycles. The molecular formula is C15H12AuBrNO4-2. The van der Waals surface area contributed by atoms with Crippen LogP contribution in [0.4, 0.5) is 0 Å². The number of nitriles is 1. The molecule has 5 nitrogen and oxygen atoms in total. The monoisotopic (exact) mass is 546 g/mol. The molecule has 2 rings (SSSR count). The number of ether oxygens (including phenoxy) is 2. The Labute approximate surface area is 152 Å². The summed E-state index contributed by atoms with van der Waals surface area (Å²) in [6, 6.07) is 10.0. The Bertz CT molecular complexity index is 613. The van der Waals surface area contributed by atoms with E-state index < -0.39 is 17.7 Å². The van der Waals surface area contributed by atoms with Gasteiger partial charge in [-0.2, -0.15) is 6.08 Å². The normalized spacial score (nSPS) is 15.1. The second-order valence-corrected chi connectivity index (χ2v) is 5.25. The van der Waals surface area contributed by atoms with Gasteiger partial charge in [-0.05, 0) is 11.6 Å². The Balaban J connectivity index is 0.000000397. The molecule has 22 heavy (non-hydrogen) atoms. The van der Waals surface area contributed by atoms with Crippen molar-refractivity contribution < 1.29 is 41.4 Å². The Morgan fingerprint density at radius 3 is 2.23 bits per heavy atom. The molecule has 0 unspecified atom stereocenters. The van der Waals surface area contributed by atoms with E-state index in [1.165, 1.54) is 20.8 Å². The van der Waals surface area contributed by atoms with Crippen LogP contribution in [-0.4, -0.2) is 17.7 Å². The molecule has 1 aliphatic rings. The summed E-state index contributed by atoms with van der Waals surface area (Å²) >= 11 is 3.23. The van der Waals surface area contributed by atoms with Crippen molar-refractivity contribution in [1.29, 1.82) is 5.26 Å². The molecular weight excluding hydrogens is 535 g/mol. The first kappa shape index (κ1) is 20.6. The molecule has 1 aromatic carbocycles. The minimum atomic E-state index is -1.16. The number of rotatable bonds is 0. The maximum atomic E-state index is 11.0. The summed E-state index contributed by atoms with van der Waals surface area (Å²) in [6.45, 7) is 4.45. The predicted molar refractivity (Wildman–Crippen MR) is 76.4 cm³/mol. The molecule has 0 bridgehead atoms. The molecule has 1 aliphatic heterocycles. The van der Waals surface area contributed by atoms with Crippen molar-refractivity contribution in [3.63, 3.8) is 0 Å². The van der Waals surface area contributed by atoms with Crippen molar-refractivity contribution in [3.8, 4) is 6.07 Å². The van der Waals surface area contributed by atoms with Crippen molar-refractivity contribution in [2.75, 3.05) is 0 Å². The largest absolute Gasteiger partial charge is 0.482 e. The first-order chi connectivity index (χ1) is 9.79. The van der Waals surface area contributed by atoms with Gasteiger partial charge in [0.05, 0.1) is 0 Å². The Morgan fingerprint density at radius 1 is 1.32 bits per heavy atom. The van der Waals surface area contributed by atoms with E-state index in [-0.39, 0.29) is 28.0 Å². The number of cyclic esters (lactones) is 2. The minimum absolute atomic E-state index is 0. The van der Waals surface area contributed by atoms with Gasteiger partial charge >= 0.3 is 0 Å². The van der Waals surface area contributed by atoms with E-state index in [4.69, 9.17) is 14.7 Å². The fourth-order valence-electron chi connectivity index (χ4n) is 1.36. The molecule has 0 atom stereocenters. The number of carbonyl (C=O) groups is 2. The molecule has 1 radical (unpaired) electrons. The van der Waals surface area contributed by atoms with Gasteiger partial charge in [0, 0.05) is 36.2 Å². The molecule has 0 aliphatic carbocycles. The third kappa shape index (κ3) is 6.16. The Hall–Kier alpha value is -1.39. The van der Waals surface area contributed by atoms with Crippen molar-refractivity contribution in [2.24, 2.45) is 0 Å². The molecule has 7 heteroatoms. The van der Waals surface area contributed by atoms with Gasteiger partial charge in [0.15, 0.2) is 0 Å². The third-order valence-corrected chi connectivity index (χ3v) is 2.71. The van der Waals surface area contributed by atoms with Crippen LogP contribution in [0.3, 0.4) is 0 Å². The Morgan fingerprint density at radius 2 is 1.86 bits per heavy atom. The zero-order valence-corrected chi connectivity index (χ0v) is 15.7. The van der Waals surface area contributed by atoms with Gasteiger partial charge in [-0.1, -0.05) is 32.9 Å². The number of carbonyl (C=O) groups excluding carboxylic acids is 2. The SMILES string of the molecule is C[C-]=C1C(=O)OC(C)(C)OC1=O.N#Cc1[c-]ccc(Br)c1.[Au]. The van der Waals surface area contributed by atoms with Crippen molar-refractivity contribution >= 4 is 27.9 Å². The predicted octanol–water partition coefficient (Wildman–Crippen LogP) is 2.69. The summed E-state index contributed by atoms with van der Waals surface area (Å²) in [4.78, 5) is 22.1. The van der Waals surface area contributed by atoms with Gasteiger partial charge < -0.3 is 19.1 Å². The molecule has 1 aromatic rings. The van der Waals surface area contributed by atoms with Crippen LogP contribution >= 0.6 is 15.9 Å². The van der Waals surface area contributed by atoms with Crippen LogP contribution in [0.15, 0.2) is 28.2 Å². The summed E-state index contributed by atoms with van der Waals surface area (Å²) in [6.07, 6.45) is 2.41. The van der Waals surface area contributed by atoms with E-state index in [1.807, 2.05) is 12.1 Å². The Kier molecular flexibility index (Phi) is 8.35. The average molecular weight is 547 g/mol. The van der Waals surface area contributed by atoms with Crippen molar-refractivity contribution in [1.82, 2.24) is 0 Å². The summed E-state index contributed by atoms with van der Waals surface area (Å²) in [5, 5.41) is 8.36. The van der Waals surface area contributed by atoms with Crippen LogP contribution in [0.25, 0.3) is 0 Å². The van der Waals surface area contributed by atoms with E-state index in [2.05, 4.69) is 28.1 Å². The number of benzene rings is 1. The summed E-state index contributed by atoms with van der Waals surface area (Å²) < 4.78 is 10.4. The zero-order valence-electron chi connectivity index (χ0n) is 12.0. The van der Waals surface area contributed by atoms with E-state index in [9.17, 15) is 9.59 Å². The van der Waals surface area contributed by atoms with Crippen LogP contribution < -0.4 is 0 Å². The molecule has 1 fully saturated rings. The van der Waals surface area contributed by atoms with Gasteiger partial charge in [-0.15, -0.1) is 24.3 Å². The van der Waals surface area contributed by atoms with Crippen molar-refractivity contribution in [2.45, 2.75) is 26.6 Å². The van der Waals surface area contributed by atoms with Crippen LogP contribution in [-0.2, 0) is 41.4 Å². The van der Waals surface area contributed by atoms with Crippen LogP contribution in [0.5, 0.6) is 0 Å². The average Bonchev–Trinajstić information content (AvgIpc) is 2.37.